The molecule has 1 saturated carbocycles. The van der Waals surface area contributed by atoms with Crippen LogP contribution in [-0.2, 0) is 17.1 Å². The normalized spacial score (nSPS) is 19.0. The molecule has 10 nitrogen and oxygen atoms in total. The number of sulfonamides is 1. The van der Waals surface area contributed by atoms with Crippen molar-refractivity contribution in [1.29, 1.82) is 0 Å². The highest BCUT2D eigenvalue weighted by Crippen LogP contribution is 2.30. The van der Waals surface area contributed by atoms with Gasteiger partial charge in [0.05, 0.1) is 34.8 Å². The van der Waals surface area contributed by atoms with E-state index in [1.165, 1.54) is 0 Å². The fourth-order valence-corrected chi connectivity index (χ4v) is 5.76. The average Bonchev–Trinajstić information content (AvgIpc) is 3.42. The van der Waals surface area contributed by atoms with Gasteiger partial charge in [0.15, 0.2) is 11.5 Å². The molecule has 0 atom stereocenters. The molecule has 0 saturated heterocycles. The number of nitrogens with zero attached hydrogens (tertiary/aromatic N) is 5. The molecule has 0 spiro atoms. The van der Waals surface area contributed by atoms with E-state index in [9.17, 15) is 13.5 Å². The molecule has 0 bridgehead atoms. The van der Waals surface area contributed by atoms with Gasteiger partial charge in [0.1, 0.15) is 0 Å². The molecule has 1 aliphatic rings. The quantitative estimate of drug-likeness (QED) is 0.397. The monoisotopic (exact) mass is 481 g/mol. The van der Waals surface area contributed by atoms with E-state index in [0.29, 0.717) is 42.7 Å². The Balaban J connectivity index is 1.54. The van der Waals surface area contributed by atoms with Crippen LogP contribution in [0.3, 0.4) is 0 Å². The van der Waals surface area contributed by atoms with Crippen LogP contribution in [-0.4, -0.2) is 49.8 Å². The standard InChI is InChI=1S/C23H27N7O3S/c1-14-3-8-18(34(32,33)28-16-4-6-17(31)7-5-16)9-19(14)21-11-25-23-22(24)27-20(13-30(21)23)15-10-26-29(2)12-15/h3,8-13,16-17,28,31H,4-7H2,1-2H3,(H2,24,27)/t16-,17-. The first-order chi connectivity index (χ1) is 16.2. The fourth-order valence-electron chi connectivity index (χ4n) is 4.43. The Morgan fingerprint density at radius 3 is 2.62 bits per heavy atom. The minimum absolute atomic E-state index is 0.179. The van der Waals surface area contributed by atoms with E-state index in [1.807, 2.05) is 30.8 Å². The molecule has 1 fully saturated rings. The lowest BCUT2D eigenvalue weighted by atomic mass is 9.94. The first-order valence-corrected chi connectivity index (χ1v) is 12.6. The first-order valence-electron chi connectivity index (χ1n) is 11.2. The zero-order valence-electron chi connectivity index (χ0n) is 19.0. The molecule has 1 aromatic carbocycles. The summed E-state index contributed by atoms with van der Waals surface area (Å²) in [7, 11) is -1.90. The maximum absolute atomic E-state index is 13.1. The summed E-state index contributed by atoms with van der Waals surface area (Å²) in [6, 6.07) is 4.89. The third kappa shape index (κ3) is 4.17. The summed E-state index contributed by atoms with van der Waals surface area (Å²) >= 11 is 0. The van der Waals surface area contributed by atoms with Gasteiger partial charge in [-0.3, -0.25) is 9.08 Å². The Hall–Kier alpha value is -3.28. The van der Waals surface area contributed by atoms with Crippen molar-refractivity contribution in [2.75, 3.05) is 5.73 Å². The number of hydrogen-bond donors (Lipinski definition) is 3. The molecular weight excluding hydrogens is 454 g/mol. The number of nitrogen functional groups attached to an aromatic ring is 1. The van der Waals surface area contributed by atoms with E-state index >= 15 is 0 Å². The summed E-state index contributed by atoms with van der Waals surface area (Å²) in [6.07, 6.45) is 9.15. The third-order valence-electron chi connectivity index (χ3n) is 6.33. The van der Waals surface area contributed by atoms with Crippen LogP contribution in [0.15, 0.2) is 47.9 Å². The predicted octanol–water partition coefficient (Wildman–Crippen LogP) is 2.27. The molecule has 0 radical (unpaired) electrons. The lowest BCUT2D eigenvalue weighted by Gasteiger charge is -2.26. The van der Waals surface area contributed by atoms with Crippen LogP contribution < -0.4 is 10.5 Å². The number of aliphatic hydroxyl groups excluding tert-OH is 1. The topological polar surface area (TPSA) is 140 Å². The number of hydrogen-bond acceptors (Lipinski definition) is 7. The predicted molar refractivity (Wildman–Crippen MR) is 128 cm³/mol. The van der Waals surface area contributed by atoms with Crippen molar-refractivity contribution >= 4 is 21.5 Å². The summed E-state index contributed by atoms with van der Waals surface area (Å²) in [4.78, 5) is 9.08. The number of nitrogens with one attached hydrogen (secondary N) is 1. The molecule has 1 aliphatic carbocycles. The summed E-state index contributed by atoms with van der Waals surface area (Å²) < 4.78 is 32.6. The zero-order valence-corrected chi connectivity index (χ0v) is 19.8. The van der Waals surface area contributed by atoms with Crippen molar-refractivity contribution in [3.05, 3.63) is 48.5 Å². The molecule has 4 N–H and O–H groups in total. The van der Waals surface area contributed by atoms with Crippen LogP contribution >= 0.6 is 0 Å². The Bertz CT molecular complexity index is 1470. The lowest BCUT2D eigenvalue weighted by molar-refractivity contribution is 0.120. The van der Waals surface area contributed by atoms with Gasteiger partial charge in [0.25, 0.3) is 0 Å². The van der Waals surface area contributed by atoms with Crippen molar-refractivity contribution in [1.82, 2.24) is 28.9 Å². The van der Waals surface area contributed by atoms with Gasteiger partial charge in [-0.25, -0.2) is 23.1 Å². The Morgan fingerprint density at radius 2 is 1.91 bits per heavy atom. The molecule has 34 heavy (non-hydrogen) atoms. The number of rotatable bonds is 5. The zero-order chi connectivity index (χ0) is 24.0. The number of anilines is 1. The molecule has 3 heterocycles. The van der Waals surface area contributed by atoms with E-state index in [1.54, 1.807) is 35.3 Å². The van der Waals surface area contributed by atoms with E-state index < -0.39 is 10.0 Å². The maximum atomic E-state index is 13.1. The number of fused-ring (bicyclic) bond motifs is 1. The summed E-state index contributed by atoms with van der Waals surface area (Å²) in [5.74, 6) is 0.273. The van der Waals surface area contributed by atoms with E-state index in [-0.39, 0.29) is 22.9 Å². The van der Waals surface area contributed by atoms with Crippen molar-refractivity contribution < 1.29 is 13.5 Å². The molecule has 0 unspecified atom stereocenters. The molecule has 0 aliphatic heterocycles. The molecule has 4 aromatic rings. The van der Waals surface area contributed by atoms with Crippen LogP contribution in [0, 0.1) is 6.92 Å². The molecule has 0 amide bonds. The van der Waals surface area contributed by atoms with Crippen LogP contribution in [0.5, 0.6) is 0 Å². The fraction of sp³-hybridized carbons (Fsp3) is 0.348. The van der Waals surface area contributed by atoms with E-state index in [4.69, 9.17) is 5.73 Å². The second-order valence-electron chi connectivity index (χ2n) is 8.85. The molecule has 3 aromatic heterocycles. The number of imidazole rings is 1. The van der Waals surface area contributed by atoms with Gasteiger partial charge in [-0.2, -0.15) is 5.10 Å². The smallest absolute Gasteiger partial charge is 0.240 e. The number of aliphatic hydroxyl groups is 1. The van der Waals surface area contributed by atoms with Crippen molar-refractivity contribution in [2.45, 2.75) is 49.6 Å². The van der Waals surface area contributed by atoms with Gasteiger partial charge in [-0.05, 0) is 50.3 Å². The Morgan fingerprint density at radius 1 is 1.15 bits per heavy atom. The van der Waals surface area contributed by atoms with Crippen molar-refractivity contribution in [2.24, 2.45) is 7.05 Å². The molecule has 5 rings (SSSR count). The molecule has 178 valence electrons. The van der Waals surface area contributed by atoms with Crippen LogP contribution in [0.1, 0.15) is 31.2 Å². The average molecular weight is 482 g/mol. The minimum Gasteiger partial charge on any atom is -0.393 e. The van der Waals surface area contributed by atoms with Crippen molar-refractivity contribution in [3.8, 4) is 22.5 Å². The van der Waals surface area contributed by atoms with Gasteiger partial charge >= 0.3 is 0 Å². The molecular formula is C23H27N7O3S. The Kier molecular flexibility index (Phi) is 5.62. The number of benzene rings is 1. The minimum atomic E-state index is -3.73. The second kappa shape index (κ2) is 8.49. The highest BCUT2D eigenvalue weighted by atomic mass is 32.2. The van der Waals surface area contributed by atoms with Crippen LogP contribution in [0.25, 0.3) is 28.2 Å². The van der Waals surface area contributed by atoms with Gasteiger partial charge in [0.2, 0.25) is 10.0 Å². The highest BCUT2D eigenvalue weighted by molar-refractivity contribution is 7.89. The lowest BCUT2D eigenvalue weighted by Crippen LogP contribution is -2.38. The largest absolute Gasteiger partial charge is 0.393 e. The maximum Gasteiger partial charge on any atom is 0.240 e. The highest BCUT2D eigenvalue weighted by Gasteiger charge is 2.25. The number of nitrogens with two attached hydrogens (primary N) is 1. The second-order valence-corrected chi connectivity index (χ2v) is 10.6. The van der Waals surface area contributed by atoms with Gasteiger partial charge in [-0.15, -0.1) is 0 Å². The number of aryl methyl sites for hydroxylation is 2. The summed E-state index contributed by atoms with van der Waals surface area (Å²) in [5, 5.41) is 13.9. The van der Waals surface area contributed by atoms with Crippen LogP contribution in [0.4, 0.5) is 5.82 Å². The summed E-state index contributed by atoms with van der Waals surface area (Å²) in [5.41, 5.74) is 10.5. The van der Waals surface area contributed by atoms with Gasteiger partial charge in [-0.1, -0.05) is 6.07 Å². The van der Waals surface area contributed by atoms with Gasteiger partial charge < -0.3 is 10.8 Å². The van der Waals surface area contributed by atoms with Gasteiger partial charge in [0, 0.05) is 36.6 Å². The number of aromatic nitrogens is 5. The SMILES string of the molecule is Cc1ccc(S(=O)(=O)N[C@H]2CC[C@H](O)CC2)cc1-c1cnc2c(N)nc(-c3cnn(C)c3)cn12. The third-order valence-corrected chi connectivity index (χ3v) is 7.85. The van der Waals surface area contributed by atoms with Crippen LogP contribution in [0.2, 0.25) is 0 Å². The van der Waals surface area contributed by atoms with E-state index in [0.717, 1.165) is 16.7 Å². The van der Waals surface area contributed by atoms with Crippen molar-refractivity contribution in [3.63, 3.8) is 0 Å². The van der Waals surface area contributed by atoms with E-state index in [2.05, 4.69) is 19.8 Å². The first kappa shape index (κ1) is 22.5. The Labute approximate surface area is 197 Å². The summed E-state index contributed by atoms with van der Waals surface area (Å²) in [6.45, 7) is 1.92. The molecule has 11 heteroatoms.